The van der Waals surface area contributed by atoms with E-state index < -0.39 is 5.54 Å². The van der Waals surface area contributed by atoms with Gasteiger partial charge < -0.3 is 16.0 Å². The van der Waals surface area contributed by atoms with Crippen LogP contribution in [0.1, 0.15) is 50.2 Å². The zero-order valence-corrected chi connectivity index (χ0v) is 15.2. The SMILES string of the molecule is CC(=O)NC1(C(=O)Nc2ccc3c(c2F)CCNC3)CCCCC1.Cl. The highest BCUT2D eigenvalue weighted by molar-refractivity contribution is 6.00. The topological polar surface area (TPSA) is 70.2 Å². The van der Waals surface area contributed by atoms with Gasteiger partial charge in [0.05, 0.1) is 5.69 Å². The van der Waals surface area contributed by atoms with Crippen molar-refractivity contribution in [2.45, 2.75) is 57.5 Å². The van der Waals surface area contributed by atoms with Crippen molar-refractivity contribution in [2.75, 3.05) is 11.9 Å². The first-order valence-electron chi connectivity index (χ1n) is 8.63. The van der Waals surface area contributed by atoms with Crippen molar-refractivity contribution in [3.63, 3.8) is 0 Å². The molecule has 0 saturated heterocycles. The predicted molar refractivity (Wildman–Crippen MR) is 97.3 cm³/mol. The Bertz CT molecular complexity index is 660. The molecule has 0 atom stereocenters. The molecule has 1 aromatic carbocycles. The highest BCUT2D eigenvalue weighted by Gasteiger charge is 2.40. The molecule has 0 radical (unpaired) electrons. The predicted octanol–water partition coefficient (Wildman–Crippen LogP) is 2.67. The highest BCUT2D eigenvalue weighted by atomic mass is 35.5. The van der Waals surface area contributed by atoms with Crippen molar-refractivity contribution in [3.8, 4) is 0 Å². The van der Waals surface area contributed by atoms with E-state index in [0.717, 1.165) is 31.4 Å². The number of anilines is 1. The molecule has 0 spiro atoms. The Morgan fingerprint density at radius 1 is 1.20 bits per heavy atom. The van der Waals surface area contributed by atoms with Gasteiger partial charge in [0.1, 0.15) is 11.4 Å². The van der Waals surface area contributed by atoms with Gasteiger partial charge in [-0.05, 0) is 43.0 Å². The summed E-state index contributed by atoms with van der Waals surface area (Å²) in [5.74, 6) is -0.898. The van der Waals surface area contributed by atoms with Crippen LogP contribution in [0.4, 0.5) is 10.1 Å². The van der Waals surface area contributed by atoms with Crippen LogP contribution < -0.4 is 16.0 Å². The van der Waals surface area contributed by atoms with Gasteiger partial charge in [0, 0.05) is 13.5 Å². The lowest BCUT2D eigenvalue weighted by molar-refractivity contribution is -0.130. The molecule has 25 heavy (non-hydrogen) atoms. The summed E-state index contributed by atoms with van der Waals surface area (Å²) >= 11 is 0. The third-order valence-electron chi connectivity index (χ3n) is 5.01. The summed E-state index contributed by atoms with van der Waals surface area (Å²) < 4.78 is 14.7. The van der Waals surface area contributed by atoms with Crippen molar-refractivity contribution in [1.29, 1.82) is 0 Å². The minimum Gasteiger partial charge on any atom is -0.342 e. The molecule has 2 amide bonds. The minimum atomic E-state index is -0.923. The van der Waals surface area contributed by atoms with Gasteiger partial charge in [-0.1, -0.05) is 25.3 Å². The van der Waals surface area contributed by atoms with E-state index in [4.69, 9.17) is 0 Å². The van der Waals surface area contributed by atoms with Crippen molar-refractivity contribution >= 4 is 29.9 Å². The number of fused-ring (bicyclic) bond motifs is 1. The van der Waals surface area contributed by atoms with Crippen LogP contribution in [0, 0.1) is 5.82 Å². The molecule has 3 rings (SSSR count). The number of nitrogens with one attached hydrogen (secondary N) is 3. The van der Waals surface area contributed by atoms with E-state index in [-0.39, 0.29) is 35.7 Å². The Hall–Kier alpha value is -1.66. The zero-order valence-electron chi connectivity index (χ0n) is 14.4. The normalized spacial score (nSPS) is 18.5. The molecular formula is C18H25ClFN3O2. The molecule has 2 aliphatic rings. The number of amides is 2. The van der Waals surface area contributed by atoms with Gasteiger partial charge in [0.2, 0.25) is 11.8 Å². The number of carbonyl (C=O) groups is 2. The van der Waals surface area contributed by atoms with Gasteiger partial charge in [-0.15, -0.1) is 12.4 Å². The maximum atomic E-state index is 14.7. The van der Waals surface area contributed by atoms with Crippen LogP contribution in [0.5, 0.6) is 0 Å². The van der Waals surface area contributed by atoms with E-state index in [0.29, 0.717) is 31.4 Å². The second-order valence-corrected chi connectivity index (χ2v) is 6.77. The van der Waals surface area contributed by atoms with Crippen LogP contribution in [0.25, 0.3) is 0 Å². The standard InChI is InChI=1S/C18H24FN3O2.ClH/c1-12(23)22-18(8-3-2-4-9-18)17(24)21-15-6-5-13-11-20-10-7-14(13)16(15)19;/h5-6,20H,2-4,7-11H2,1H3,(H,21,24)(H,22,23);1H. The van der Waals surface area contributed by atoms with E-state index in [1.165, 1.54) is 6.92 Å². The largest absolute Gasteiger partial charge is 0.342 e. The van der Waals surface area contributed by atoms with E-state index in [9.17, 15) is 14.0 Å². The summed E-state index contributed by atoms with van der Waals surface area (Å²) in [6, 6.07) is 3.47. The molecule has 0 bridgehead atoms. The Morgan fingerprint density at radius 2 is 1.92 bits per heavy atom. The third kappa shape index (κ3) is 4.12. The second-order valence-electron chi connectivity index (χ2n) is 6.77. The number of benzene rings is 1. The van der Waals surface area contributed by atoms with E-state index in [2.05, 4.69) is 16.0 Å². The maximum Gasteiger partial charge on any atom is 0.250 e. The fraction of sp³-hybridized carbons (Fsp3) is 0.556. The van der Waals surface area contributed by atoms with E-state index >= 15 is 0 Å². The number of halogens is 2. The van der Waals surface area contributed by atoms with Gasteiger partial charge in [-0.2, -0.15) is 0 Å². The lowest BCUT2D eigenvalue weighted by Crippen LogP contribution is -2.57. The average molecular weight is 370 g/mol. The van der Waals surface area contributed by atoms with Crippen molar-refractivity contribution in [1.82, 2.24) is 10.6 Å². The first-order valence-corrected chi connectivity index (χ1v) is 8.63. The monoisotopic (exact) mass is 369 g/mol. The van der Waals surface area contributed by atoms with Crippen LogP contribution in [0.2, 0.25) is 0 Å². The molecule has 0 unspecified atom stereocenters. The Morgan fingerprint density at radius 3 is 2.60 bits per heavy atom. The molecule has 1 aliphatic heterocycles. The highest BCUT2D eigenvalue weighted by Crippen LogP contribution is 2.31. The summed E-state index contributed by atoms with van der Waals surface area (Å²) in [5, 5.41) is 8.75. The van der Waals surface area contributed by atoms with Crippen LogP contribution >= 0.6 is 12.4 Å². The van der Waals surface area contributed by atoms with Crippen molar-refractivity contribution < 1.29 is 14.0 Å². The summed E-state index contributed by atoms with van der Waals surface area (Å²) in [4.78, 5) is 24.4. The summed E-state index contributed by atoms with van der Waals surface area (Å²) in [6.45, 7) is 2.80. The second kappa shape index (κ2) is 8.15. The number of rotatable bonds is 3. The first-order chi connectivity index (χ1) is 11.5. The van der Waals surface area contributed by atoms with Crippen LogP contribution in [0.3, 0.4) is 0 Å². The van der Waals surface area contributed by atoms with E-state index in [1.807, 2.05) is 6.07 Å². The number of carbonyl (C=O) groups excluding carboxylic acids is 2. The van der Waals surface area contributed by atoms with Crippen LogP contribution in [-0.4, -0.2) is 23.9 Å². The summed E-state index contributed by atoms with van der Waals surface area (Å²) in [6.07, 6.45) is 4.61. The fourth-order valence-electron chi connectivity index (χ4n) is 3.77. The Kier molecular flexibility index (Phi) is 6.41. The number of hydrogen-bond acceptors (Lipinski definition) is 3. The third-order valence-corrected chi connectivity index (χ3v) is 5.01. The first kappa shape index (κ1) is 19.7. The molecule has 7 heteroatoms. The molecule has 1 aromatic rings. The lowest BCUT2D eigenvalue weighted by atomic mass is 9.80. The van der Waals surface area contributed by atoms with Crippen molar-refractivity contribution in [2.24, 2.45) is 0 Å². The van der Waals surface area contributed by atoms with E-state index in [1.54, 1.807) is 6.07 Å². The summed E-state index contributed by atoms with van der Waals surface area (Å²) in [5.41, 5.74) is 0.888. The average Bonchev–Trinajstić information content (AvgIpc) is 2.58. The Balaban J connectivity index is 0.00000225. The van der Waals surface area contributed by atoms with Crippen LogP contribution in [-0.2, 0) is 22.6 Å². The molecule has 138 valence electrons. The molecule has 5 nitrogen and oxygen atoms in total. The van der Waals surface area contributed by atoms with Gasteiger partial charge in [-0.25, -0.2) is 4.39 Å². The van der Waals surface area contributed by atoms with Gasteiger partial charge in [0.15, 0.2) is 0 Å². The lowest BCUT2D eigenvalue weighted by Gasteiger charge is -2.36. The Labute approximate surface area is 153 Å². The maximum absolute atomic E-state index is 14.7. The molecule has 0 aromatic heterocycles. The van der Waals surface area contributed by atoms with Crippen molar-refractivity contribution in [3.05, 3.63) is 29.1 Å². The van der Waals surface area contributed by atoms with Gasteiger partial charge in [-0.3, -0.25) is 9.59 Å². The smallest absolute Gasteiger partial charge is 0.250 e. The fourth-order valence-corrected chi connectivity index (χ4v) is 3.77. The molecule has 1 fully saturated rings. The van der Waals surface area contributed by atoms with Gasteiger partial charge >= 0.3 is 0 Å². The zero-order chi connectivity index (χ0) is 17.2. The quantitative estimate of drug-likeness (QED) is 0.767. The van der Waals surface area contributed by atoms with Crippen LogP contribution in [0.15, 0.2) is 12.1 Å². The molecule has 3 N–H and O–H groups in total. The summed E-state index contributed by atoms with van der Waals surface area (Å²) in [7, 11) is 0. The molecule has 1 aliphatic carbocycles. The molecular weight excluding hydrogens is 345 g/mol. The molecule has 1 heterocycles. The van der Waals surface area contributed by atoms with Gasteiger partial charge in [0.25, 0.3) is 0 Å². The minimum absolute atomic E-state index is 0. The molecule has 1 saturated carbocycles. The number of hydrogen-bond donors (Lipinski definition) is 3.